The fourth-order valence-electron chi connectivity index (χ4n) is 5.15. The van der Waals surface area contributed by atoms with Crippen molar-refractivity contribution in [2.75, 3.05) is 18.5 Å². The van der Waals surface area contributed by atoms with Crippen molar-refractivity contribution in [3.05, 3.63) is 64.1 Å². The van der Waals surface area contributed by atoms with Crippen molar-refractivity contribution in [1.29, 1.82) is 0 Å². The van der Waals surface area contributed by atoms with Gasteiger partial charge in [-0.15, -0.1) is 0 Å². The number of rotatable bonds is 8. The number of likely N-dealkylation sites (N-methyl/N-ethyl adjacent to an activating group) is 1. The van der Waals surface area contributed by atoms with Crippen LogP contribution in [0.2, 0.25) is 0 Å². The monoisotopic (exact) mass is 464 g/mol. The summed E-state index contributed by atoms with van der Waals surface area (Å²) in [6.07, 6.45) is 8.38. The van der Waals surface area contributed by atoms with E-state index in [1.165, 1.54) is 5.56 Å². The van der Waals surface area contributed by atoms with E-state index in [1.807, 2.05) is 30.5 Å². The molecule has 1 aromatic heterocycles. The third kappa shape index (κ3) is 5.25. The quantitative estimate of drug-likeness (QED) is 0.629. The Morgan fingerprint density at radius 2 is 1.82 bits per heavy atom. The molecule has 7 heteroatoms. The van der Waals surface area contributed by atoms with Gasteiger partial charge < -0.3 is 20.1 Å². The van der Waals surface area contributed by atoms with Crippen LogP contribution in [0.5, 0.6) is 0 Å². The highest BCUT2D eigenvalue weighted by Crippen LogP contribution is 2.30. The van der Waals surface area contributed by atoms with Crippen LogP contribution < -0.4 is 21.1 Å². The van der Waals surface area contributed by atoms with Gasteiger partial charge in [-0.3, -0.25) is 14.4 Å². The third-order valence-electron chi connectivity index (χ3n) is 7.36. The zero-order valence-corrected chi connectivity index (χ0v) is 20.3. The van der Waals surface area contributed by atoms with Crippen molar-refractivity contribution in [3.8, 4) is 0 Å². The van der Waals surface area contributed by atoms with Crippen molar-refractivity contribution < 1.29 is 9.59 Å². The second-order valence-corrected chi connectivity index (χ2v) is 9.56. The summed E-state index contributed by atoms with van der Waals surface area (Å²) < 4.78 is 1.70. The van der Waals surface area contributed by atoms with Crippen LogP contribution in [0, 0.1) is 5.92 Å². The molecule has 0 saturated heterocycles. The zero-order chi connectivity index (χ0) is 24.1. The van der Waals surface area contributed by atoms with Crippen molar-refractivity contribution in [1.82, 2.24) is 15.2 Å². The van der Waals surface area contributed by atoms with Crippen LogP contribution >= 0.6 is 0 Å². The average molecular weight is 465 g/mol. The largest absolute Gasteiger partial charge is 0.343 e. The minimum absolute atomic E-state index is 0.0994. The van der Waals surface area contributed by atoms with Crippen molar-refractivity contribution in [3.63, 3.8) is 0 Å². The van der Waals surface area contributed by atoms with E-state index in [4.69, 9.17) is 0 Å². The van der Waals surface area contributed by atoms with Gasteiger partial charge >= 0.3 is 0 Å². The van der Waals surface area contributed by atoms with Gasteiger partial charge in [0.1, 0.15) is 11.7 Å². The Labute approximate surface area is 201 Å². The average Bonchev–Trinajstić information content (AvgIpc) is 3.32. The highest BCUT2D eigenvalue weighted by molar-refractivity contribution is 6.01. The number of nitrogens with one attached hydrogen (secondary N) is 2. The Morgan fingerprint density at radius 3 is 2.53 bits per heavy atom. The standard InChI is InChI=1S/C27H36N4O3/c1-19(28-2)25(32)29-23(21-11-7-4-8-12-21)26(33)31-18-15-22-14-17-30(27(34)24(22)31)16-13-20-9-5-3-6-10-20/h3,5-6,9-10,14,17,19,21,23,28H,4,7-8,11-13,15-16,18H2,1-2H3,(H,29,32)/t19-,23-/m0/s1. The minimum atomic E-state index is -0.605. The molecule has 2 N–H and O–H groups in total. The van der Waals surface area contributed by atoms with E-state index >= 15 is 0 Å². The van der Waals surface area contributed by atoms with Gasteiger partial charge in [0.2, 0.25) is 11.8 Å². The lowest BCUT2D eigenvalue weighted by Gasteiger charge is -2.33. The molecule has 34 heavy (non-hydrogen) atoms. The molecule has 2 atom stereocenters. The predicted molar refractivity (Wildman–Crippen MR) is 134 cm³/mol. The molecule has 0 unspecified atom stereocenters. The highest BCUT2D eigenvalue weighted by atomic mass is 16.2. The van der Waals surface area contributed by atoms with Crippen LogP contribution in [0.4, 0.5) is 5.69 Å². The number of hydrogen-bond donors (Lipinski definition) is 2. The van der Waals surface area contributed by atoms with E-state index in [1.54, 1.807) is 23.4 Å². The molecule has 1 aliphatic heterocycles. The van der Waals surface area contributed by atoms with E-state index in [2.05, 4.69) is 22.8 Å². The zero-order valence-electron chi connectivity index (χ0n) is 20.3. The van der Waals surface area contributed by atoms with Gasteiger partial charge in [0.05, 0.1) is 6.04 Å². The first-order chi connectivity index (χ1) is 16.5. The van der Waals surface area contributed by atoms with Crippen molar-refractivity contribution in [2.45, 2.75) is 70.5 Å². The fraction of sp³-hybridized carbons (Fsp3) is 0.519. The first-order valence-corrected chi connectivity index (χ1v) is 12.5. The maximum Gasteiger partial charge on any atom is 0.274 e. The SMILES string of the molecule is CN[C@@H](C)C(=O)N[C@H](C(=O)N1CCc2ccn(CCc3ccccc3)c(=O)c21)C1CCCCC1. The topological polar surface area (TPSA) is 83.4 Å². The fourth-order valence-corrected chi connectivity index (χ4v) is 5.15. The second-order valence-electron chi connectivity index (χ2n) is 9.56. The first-order valence-electron chi connectivity index (χ1n) is 12.5. The van der Waals surface area contributed by atoms with Gasteiger partial charge in [0.15, 0.2) is 0 Å². The summed E-state index contributed by atoms with van der Waals surface area (Å²) in [5.41, 5.74) is 2.43. The summed E-state index contributed by atoms with van der Waals surface area (Å²) in [6.45, 7) is 2.82. The molecule has 182 valence electrons. The molecule has 4 rings (SSSR count). The van der Waals surface area contributed by atoms with E-state index in [9.17, 15) is 14.4 Å². The van der Waals surface area contributed by atoms with Gasteiger partial charge in [-0.1, -0.05) is 49.6 Å². The lowest BCUT2D eigenvalue weighted by atomic mass is 9.83. The van der Waals surface area contributed by atoms with Crippen LogP contribution in [0.1, 0.15) is 50.2 Å². The molecule has 2 heterocycles. The van der Waals surface area contributed by atoms with Gasteiger partial charge in [-0.05, 0) is 62.8 Å². The number of carbonyl (C=O) groups excluding carboxylic acids is 2. The van der Waals surface area contributed by atoms with Crippen LogP contribution in [0.3, 0.4) is 0 Å². The Morgan fingerprint density at radius 1 is 1.09 bits per heavy atom. The van der Waals surface area contributed by atoms with E-state index < -0.39 is 6.04 Å². The van der Waals surface area contributed by atoms with Gasteiger partial charge in [0.25, 0.3) is 5.56 Å². The Hall–Kier alpha value is -2.93. The molecule has 0 radical (unpaired) electrons. The Balaban J connectivity index is 1.58. The first kappa shape index (κ1) is 24.2. The lowest BCUT2D eigenvalue weighted by molar-refractivity contribution is -0.130. The molecule has 7 nitrogen and oxygen atoms in total. The summed E-state index contributed by atoms with van der Waals surface area (Å²) in [7, 11) is 1.73. The summed E-state index contributed by atoms with van der Waals surface area (Å²) in [5, 5.41) is 5.98. The molecule has 1 fully saturated rings. The van der Waals surface area contributed by atoms with E-state index in [0.717, 1.165) is 44.1 Å². The molecule has 0 bridgehead atoms. The highest BCUT2D eigenvalue weighted by Gasteiger charge is 2.38. The Kier molecular flexibility index (Phi) is 7.83. The number of anilines is 1. The lowest BCUT2D eigenvalue weighted by Crippen LogP contribution is -2.56. The number of hydrogen-bond acceptors (Lipinski definition) is 4. The predicted octanol–water partition coefficient (Wildman–Crippen LogP) is 2.65. The number of carbonyl (C=O) groups is 2. The number of amides is 2. The molecule has 1 aliphatic carbocycles. The molecular weight excluding hydrogens is 428 g/mol. The number of aryl methyl sites for hydroxylation is 2. The van der Waals surface area contributed by atoms with Gasteiger partial charge in [-0.2, -0.15) is 0 Å². The maximum absolute atomic E-state index is 13.8. The van der Waals surface area contributed by atoms with E-state index in [-0.39, 0.29) is 29.3 Å². The Bertz CT molecular complexity index is 1060. The van der Waals surface area contributed by atoms with Gasteiger partial charge in [-0.25, -0.2) is 0 Å². The molecule has 1 aromatic carbocycles. The van der Waals surface area contributed by atoms with E-state index in [0.29, 0.717) is 25.2 Å². The third-order valence-corrected chi connectivity index (χ3v) is 7.36. The molecule has 0 spiro atoms. The smallest absolute Gasteiger partial charge is 0.274 e. The molecule has 1 saturated carbocycles. The van der Waals surface area contributed by atoms with Crippen LogP contribution in [-0.2, 0) is 29.0 Å². The maximum atomic E-state index is 13.8. The van der Waals surface area contributed by atoms with Crippen molar-refractivity contribution >= 4 is 17.5 Å². The molecular formula is C27H36N4O3. The number of benzene rings is 1. The normalized spacial score (nSPS) is 17.8. The summed E-state index contributed by atoms with van der Waals surface area (Å²) in [6, 6.07) is 11.0. The molecule has 2 aromatic rings. The van der Waals surface area contributed by atoms with Crippen LogP contribution in [-0.4, -0.2) is 42.1 Å². The number of fused-ring (bicyclic) bond motifs is 1. The molecule has 2 amide bonds. The van der Waals surface area contributed by atoms with Crippen LogP contribution in [0.15, 0.2) is 47.4 Å². The van der Waals surface area contributed by atoms with Gasteiger partial charge in [0, 0.05) is 19.3 Å². The summed E-state index contributed by atoms with van der Waals surface area (Å²) >= 11 is 0. The molecule has 2 aliphatic rings. The number of pyridine rings is 1. The summed E-state index contributed by atoms with van der Waals surface area (Å²) in [5.74, 6) is -0.235. The number of aromatic nitrogens is 1. The number of nitrogens with zero attached hydrogens (tertiary/aromatic N) is 2. The second kappa shape index (κ2) is 11.0. The summed E-state index contributed by atoms with van der Waals surface area (Å²) in [4.78, 5) is 41.6. The van der Waals surface area contributed by atoms with Crippen molar-refractivity contribution in [2.24, 2.45) is 5.92 Å². The van der Waals surface area contributed by atoms with Crippen LogP contribution in [0.25, 0.3) is 0 Å². The minimum Gasteiger partial charge on any atom is -0.343 e.